The number of piperidine rings is 1. The topological polar surface area (TPSA) is 41.6 Å². The first kappa shape index (κ1) is 19.9. The van der Waals surface area contributed by atoms with Crippen LogP contribution in [0.2, 0.25) is 5.02 Å². The third-order valence-electron chi connectivity index (χ3n) is 4.77. The number of hydrogen-bond acceptors (Lipinski definition) is 4. The number of methoxy groups -OCH3 is 1. The number of carbonyl (C=O) groups excluding carboxylic acids is 1. The average Bonchev–Trinajstić information content (AvgIpc) is 2.70. The van der Waals surface area contributed by atoms with Crippen LogP contribution in [0.4, 0.5) is 5.69 Å². The van der Waals surface area contributed by atoms with Gasteiger partial charge in [-0.2, -0.15) is 0 Å². The Hall–Kier alpha value is -1.85. The molecular formula is C21H25ClN2O2S. The van der Waals surface area contributed by atoms with Crippen LogP contribution < -0.4 is 15.0 Å². The molecule has 0 aliphatic carbocycles. The molecule has 3 rings (SSSR count). The molecule has 1 unspecified atom stereocenters. The van der Waals surface area contributed by atoms with E-state index < -0.39 is 0 Å². The second kappa shape index (κ2) is 9.38. The molecule has 1 fully saturated rings. The van der Waals surface area contributed by atoms with Crippen molar-refractivity contribution in [3.63, 3.8) is 0 Å². The Morgan fingerprint density at radius 1 is 1.15 bits per heavy atom. The van der Waals surface area contributed by atoms with Crippen molar-refractivity contribution in [3.8, 4) is 5.75 Å². The lowest BCUT2D eigenvalue weighted by atomic mass is 10.0. The summed E-state index contributed by atoms with van der Waals surface area (Å²) in [4.78, 5) is 15.9. The lowest BCUT2D eigenvalue weighted by Crippen LogP contribution is -2.46. The molecule has 0 spiro atoms. The van der Waals surface area contributed by atoms with Crippen LogP contribution in [0.5, 0.6) is 5.75 Å². The van der Waals surface area contributed by atoms with Gasteiger partial charge >= 0.3 is 0 Å². The molecule has 6 heteroatoms. The van der Waals surface area contributed by atoms with Crippen LogP contribution in [-0.4, -0.2) is 37.4 Å². The predicted molar refractivity (Wildman–Crippen MR) is 113 cm³/mol. The van der Waals surface area contributed by atoms with Gasteiger partial charge in [0.2, 0.25) is 5.91 Å². The zero-order valence-corrected chi connectivity index (χ0v) is 17.2. The van der Waals surface area contributed by atoms with Crippen molar-refractivity contribution in [2.75, 3.05) is 25.1 Å². The first-order valence-electron chi connectivity index (χ1n) is 9.17. The molecule has 0 saturated carbocycles. The van der Waals surface area contributed by atoms with Crippen molar-refractivity contribution in [2.45, 2.75) is 36.0 Å². The average molecular weight is 405 g/mol. The quantitative estimate of drug-likeness (QED) is 0.713. The van der Waals surface area contributed by atoms with Crippen molar-refractivity contribution >= 4 is 35.0 Å². The number of hydrogen-bond donors (Lipinski definition) is 1. The molecule has 2 aromatic carbocycles. The van der Waals surface area contributed by atoms with Gasteiger partial charge in [0, 0.05) is 34.7 Å². The molecular weight excluding hydrogens is 380 g/mol. The number of rotatable bonds is 6. The Balaban J connectivity index is 1.46. The minimum Gasteiger partial charge on any atom is -0.497 e. The second-order valence-electron chi connectivity index (χ2n) is 6.68. The Kier molecular flexibility index (Phi) is 6.91. The number of anilines is 1. The molecule has 1 amide bonds. The summed E-state index contributed by atoms with van der Waals surface area (Å²) in [5.74, 6) is 0.964. The SMILES string of the molecule is COc1ccc(N2CCC(NC(=O)C(C)Sc3ccc(Cl)cc3)CC2)cc1. The normalized spacial score (nSPS) is 16.0. The Labute approximate surface area is 170 Å². The number of nitrogens with zero attached hydrogens (tertiary/aromatic N) is 1. The van der Waals surface area contributed by atoms with E-state index >= 15 is 0 Å². The van der Waals surface area contributed by atoms with E-state index in [9.17, 15) is 4.79 Å². The maximum atomic E-state index is 12.5. The fourth-order valence-electron chi connectivity index (χ4n) is 3.16. The third kappa shape index (κ3) is 5.56. The van der Waals surface area contributed by atoms with Gasteiger partial charge in [-0.1, -0.05) is 11.6 Å². The molecule has 2 aromatic rings. The summed E-state index contributed by atoms with van der Waals surface area (Å²) < 4.78 is 5.21. The number of halogens is 1. The van der Waals surface area contributed by atoms with E-state index in [0.29, 0.717) is 5.02 Å². The lowest BCUT2D eigenvalue weighted by Gasteiger charge is -2.34. The minimum atomic E-state index is -0.134. The van der Waals surface area contributed by atoms with Crippen molar-refractivity contribution in [1.82, 2.24) is 5.32 Å². The third-order valence-corrected chi connectivity index (χ3v) is 6.14. The highest BCUT2D eigenvalue weighted by atomic mass is 35.5. The van der Waals surface area contributed by atoms with Crippen LogP contribution in [0.1, 0.15) is 19.8 Å². The number of benzene rings is 2. The molecule has 0 aromatic heterocycles. The van der Waals surface area contributed by atoms with Gasteiger partial charge in [-0.3, -0.25) is 4.79 Å². The number of nitrogens with one attached hydrogen (secondary N) is 1. The number of amides is 1. The summed E-state index contributed by atoms with van der Waals surface area (Å²) in [5, 5.41) is 3.78. The molecule has 1 N–H and O–H groups in total. The van der Waals surface area contributed by atoms with Gasteiger partial charge in [-0.15, -0.1) is 11.8 Å². The first-order valence-corrected chi connectivity index (χ1v) is 10.4. The van der Waals surface area contributed by atoms with E-state index in [-0.39, 0.29) is 17.2 Å². The summed E-state index contributed by atoms with van der Waals surface area (Å²) in [6.07, 6.45) is 1.91. The number of thioether (sulfide) groups is 1. The van der Waals surface area contributed by atoms with Gasteiger partial charge in [0.05, 0.1) is 12.4 Å². The smallest absolute Gasteiger partial charge is 0.233 e. The molecule has 1 aliphatic rings. The maximum absolute atomic E-state index is 12.5. The molecule has 1 heterocycles. The van der Waals surface area contributed by atoms with Gasteiger partial charge in [0.15, 0.2) is 0 Å². The van der Waals surface area contributed by atoms with E-state index in [0.717, 1.165) is 36.6 Å². The van der Waals surface area contributed by atoms with Crippen molar-refractivity contribution in [1.29, 1.82) is 0 Å². The van der Waals surface area contributed by atoms with Crippen LogP contribution in [0, 0.1) is 0 Å². The fraction of sp³-hybridized carbons (Fsp3) is 0.381. The molecule has 1 atom stereocenters. The van der Waals surface area contributed by atoms with E-state index in [4.69, 9.17) is 16.3 Å². The molecule has 0 radical (unpaired) electrons. The van der Waals surface area contributed by atoms with Gasteiger partial charge in [-0.25, -0.2) is 0 Å². The van der Waals surface area contributed by atoms with Crippen LogP contribution in [-0.2, 0) is 4.79 Å². The summed E-state index contributed by atoms with van der Waals surface area (Å²) >= 11 is 7.47. The zero-order chi connectivity index (χ0) is 19.2. The molecule has 0 bridgehead atoms. The Morgan fingerprint density at radius 2 is 1.78 bits per heavy atom. The summed E-state index contributed by atoms with van der Waals surface area (Å²) in [7, 11) is 1.68. The van der Waals surface area contributed by atoms with Gasteiger partial charge in [0.1, 0.15) is 5.75 Å². The summed E-state index contributed by atoms with van der Waals surface area (Å²) in [6, 6.07) is 16.0. The van der Waals surface area contributed by atoms with Crippen LogP contribution in [0.15, 0.2) is 53.4 Å². The van der Waals surface area contributed by atoms with Crippen molar-refractivity contribution in [3.05, 3.63) is 53.6 Å². The Bertz CT molecular complexity index is 744. The molecule has 1 aliphatic heterocycles. The van der Waals surface area contributed by atoms with Crippen LogP contribution >= 0.6 is 23.4 Å². The van der Waals surface area contributed by atoms with E-state index in [2.05, 4.69) is 22.3 Å². The van der Waals surface area contributed by atoms with Crippen LogP contribution in [0.25, 0.3) is 0 Å². The zero-order valence-electron chi connectivity index (χ0n) is 15.7. The number of carbonyl (C=O) groups is 1. The fourth-order valence-corrected chi connectivity index (χ4v) is 4.17. The predicted octanol–water partition coefficient (Wildman–Crippen LogP) is 4.61. The standard InChI is InChI=1S/C21H25ClN2O2S/c1-15(27-20-9-3-16(22)4-10-20)21(25)23-17-11-13-24(14-12-17)18-5-7-19(26-2)8-6-18/h3-10,15,17H,11-14H2,1-2H3,(H,23,25). The second-order valence-corrected chi connectivity index (χ2v) is 8.53. The molecule has 144 valence electrons. The summed E-state index contributed by atoms with van der Waals surface area (Å²) in [5.41, 5.74) is 1.20. The lowest BCUT2D eigenvalue weighted by molar-refractivity contribution is -0.121. The van der Waals surface area contributed by atoms with E-state index in [1.54, 1.807) is 18.9 Å². The monoisotopic (exact) mass is 404 g/mol. The van der Waals surface area contributed by atoms with Gasteiger partial charge in [-0.05, 0) is 68.3 Å². The van der Waals surface area contributed by atoms with Crippen molar-refractivity contribution in [2.24, 2.45) is 0 Å². The summed E-state index contributed by atoms with van der Waals surface area (Å²) in [6.45, 7) is 3.83. The molecule has 1 saturated heterocycles. The van der Waals surface area contributed by atoms with Crippen LogP contribution in [0.3, 0.4) is 0 Å². The molecule has 27 heavy (non-hydrogen) atoms. The van der Waals surface area contributed by atoms with Gasteiger partial charge < -0.3 is 15.0 Å². The van der Waals surface area contributed by atoms with Crippen molar-refractivity contribution < 1.29 is 9.53 Å². The van der Waals surface area contributed by atoms with E-state index in [1.165, 1.54) is 5.69 Å². The minimum absolute atomic E-state index is 0.0952. The highest BCUT2D eigenvalue weighted by Crippen LogP contribution is 2.26. The maximum Gasteiger partial charge on any atom is 0.233 e. The molecule has 4 nitrogen and oxygen atoms in total. The highest BCUT2D eigenvalue weighted by Gasteiger charge is 2.23. The Morgan fingerprint density at radius 3 is 2.37 bits per heavy atom. The largest absolute Gasteiger partial charge is 0.497 e. The van der Waals surface area contributed by atoms with E-state index in [1.807, 2.05) is 43.3 Å². The van der Waals surface area contributed by atoms with Gasteiger partial charge in [0.25, 0.3) is 0 Å². The number of ether oxygens (including phenoxy) is 1. The first-order chi connectivity index (χ1) is 13.0. The highest BCUT2D eigenvalue weighted by molar-refractivity contribution is 8.00.